The molecular formula is C30H25FN4O3. The zero-order chi connectivity index (χ0) is 26.1. The van der Waals surface area contributed by atoms with E-state index in [1.807, 2.05) is 60.7 Å². The number of carbonyl (C=O) groups excluding carboxylic acids is 1. The molecule has 0 spiro atoms. The fraction of sp³-hybridized carbons (Fsp3) is 0.167. The normalized spacial score (nSPS) is 15.1. The second-order valence-corrected chi connectivity index (χ2v) is 9.14. The molecule has 1 saturated heterocycles. The average Bonchev–Trinajstić information content (AvgIpc) is 3.61. The molecule has 1 fully saturated rings. The molecule has 0 aliphatic carbocycles. The van der Waals surface area contributed by atoms with Crippen molar-refractivity contribution in [2.24, 2.45) is 0 Å². The molecule has 8 heteroatoms. The van der Waals surface area contributed by atoms with Gasteiger partial charge in [-0.25, -0.2) is 14.2 Å². The van der Waals surface area contributed by atoms with Crippen LogP contribution in [-0.2, 0) is 4.74 Å². The summed E-state index contributed by atoms with van der Waals surface area (Å²) in [6.45, 7) is 0.605. The molecule has 1 aliphatic heterocycles. The van der Waals surface area contributed by atoms with Gasteiger partial charge < -0.3 is 19.4 Å². The molecule has 1 unspecified atom stereocenters. The van der Waals surface area contributed by atoms with Gasteiger partial charge in [0.2, 0.25) is 0 Å². The number of nitrogens with zero attached hydrogens (tertiary/aromatic N) is 3. The number of halogens is 1. The van der Waals surface area contributed by atoms with Gasteiger partial charge in [0, 0.05) is 29.9 Å². The number of nitrogens with one attached hydrogen (secondary N) is 1. The number of amides is 1. The summed E-state index contributed by atoms with van der Waals surface area (Å²) in [6, 6.07) is 23.3. The third-order valence-corrected chi connectivity index (χ3v) is 6.81. The van der Waals surface area contributed by atoms with Crippen molar-refractivity contribution in [2.75, 3.05) is 13.7 Å². The second-order valence-electron chi connectivity index (χ2n) is 9.14. The molecule has 3 heterocycles. The van der Waals surface area contributed by atoms with Crippen LogP contribution in [0.4, 0.5) is 9.18 Å². The quantitative estimate of drug-likeness (QED) is 0.273. The molecule has 38 heavy (non-hydrogen) atoms. The molecule has 2 aromatic heterocycles. The van der Waals surface area contributed by atoms with Crippen LogP contribution in [0, 0.1) is 5.82 Å². The summed E-state index contributed by atoms with van der Waals surface area (Å²) >= 11 is 0. The van der Waals surface area contributed by atoms with Gasteiger partial charge in [-0.15, -0.1) is 0 Å². The molecule has 0 bridgehead atoms. The fourth-order valence-electron chi connectivity index (χ4n) is 4.98. The number of aromatic amines is 1. The number of benzene rings is 3. The van der Waals surface area contributed by atoms with Crippen molar-refractivity contribution in [3.05, 3.63) is 96.4 Å². The molecule has 1 N–H and O–H groups in total. The number of carbonyl (C=O) groups is 1. The number of hydrogen-bond acceptors (Lipinski definition) is 5. The van der Waals surface area contributed by atoms with E-state index in [-0.39, 0.29) is 18.0 Å². The van der Waals surface area contributed by atoms with Gasteiger partial charge in [-0.1, -0.05) is 36.4 Å². The fourth-order valence-corrected chi connectivity index (χ4v) is 4.98. The number of pyridine rings is 1. The minimum atomic E-state index is -0.369. The highest BCUT2D eigenvalue weighted by atomic mass is 19.1. The maximum atomic E-state index is 14.3. The first-order valence-electron chi connectivity index (χ1n) is 12.4. The standard InChI is InChI=1S/C30H25FN4O3/c1-37-30(36)35-16-6-10-27(35)22-17-25-26(34-29(33-25)24-9-4-5-15-32-24)18-28(22)38-20-13-11-19(12-14-20)21-7-2-3-8-23(21)31/h2-5,7-9,11-15,17-18,27H,6,10,16H2,1H3,(H,33,34). The Morgan fingerprint density at radius 3 is 2.63 bits per heavy atom. The largest absolute Gasteiger partial charge is 0.457 e. The van der Waals surface area contributed by atoms with Gasteiger partial charge in [0.1, 0.15) is 23.0 Å². The second kappa shape index (κ2) is 9.97. The molecular weight excluding hydrogens is 483 g/mol. The number of likely N-dealkylation sites (tertiary alicyclic amines) is 1. The van der Waals surface area contributed by atoms with Gasteiger partial charge in [0.15, 0.2) is 5.82 Å². The Labute approximate surface area is 218 Å². The molecule has 1 atom stereocenters. The summed E-state index contributed by atoms with van der Waals surface area (Å²) in [6.07, 6.45) is 2.99. The smallest absolute Gasteiger partial charge is 0.409 e. The lowest BCUT2D eigenvalue weighted by Gasteiger charge is -2.25. The molecule has 6 rings (SSSR count). The van der Waals surface area contributed by atoms with Crippen LogP contribution < -0.4 is 4.74 Å². The zero-order valence-corrected chi connectivity index (χ0v) is 20.7. The highest BCUT2D eigenvalue weighted by Gasteiger charge is 2.33. The van der Waals surface area contributed by atoms with Crippen LogP contribution in [0.15, 0.2) is 85.1 Å². The van der Waals surface area contributed by atoms with Crippen LogP contribution >= 0.6 is 0 Å². The minimum Gasteiger partial charge on any atom is -0.457 e. The lowest BCUT2D eigenvalue weighted by molar-refractivity contribution is 0.118. The first-order chi connectivity index (χ1) is 18.6. The third-order valence-electron chi connectivity index (χ3n) is 6.81. The van der Waals surface area contributed by atoms with Crippen LogP contribution in [0.3, 0.4) is 0 Å². The summed E-state index contributed by atoms with van der Waals surface area (Å²) in [5, 5.41) is 0. The van der Waals surface area contributed by atoms with E-state index < -0.39 is 0 Å². The number of methoxy groups -OCH3 is 1. The van der Waals surface area contributed by atoms with Gasteiger partial charge in [0.05, 0.1) is 24.2 Å². The molecule has 0 radical (unpaired) electrons. The number of H-pyrrole nitrogens is 1. The van der Waals surface area contributed by atoms with Gasteiger partial charge >= 0.3 is 6.09 Å². The van der Waals surface area contributed by atoms with E-state index in [2.05, 4.69) is 9.97 Å². The van der Waals surface area contributed by atoms with Gasteiger partial charge in [-0.05, 0) is 54.8 Å². The molecule has 7 nitrogen and oxygen atoms in total. The average molecular weight is 509 g/mol. The lowest BCUT2D eigenvalue weighted by atomic mass is 10.0. The predicted octanol–water partition coefficient (Wildman–Crippen LogP) is 7.13. The number of aromatic nitrogens is 3. The highest BCUT2D eigenvalue weighted by Crippen LogP contribution is 2.41. The number of hydrogen-bond donors (Lipinski definition) is 1. The van der Waals surface area contributed by atoms with Gasteiger partial charge in [-0.3, -0.25) is 4.98 Å². The molecule has 5 aromatic rings. The van der Waals surface area contributed by atoms with Crippen LogP contribution in [-0.4, -0.2) is 39.6 Å². The van der Waals surface area contributed by atoms with Gasteiger partial charge in [0.25, 0.3) is 0 Å². The van der Waals surface area contributed by atoms with Crippen LogP contribution in [0.25, 0.3) is 33.7 Å². The van der Waals surface area contributed by atoms with Crippen molar-refractivity contribution in [3.63, 3.8) is 0 Å². The van der Waals surface area contributed by atoms with Crippen LogP contribution in [0.1, 0.15) is 24.4 Å². The Morgan fingerprint density at radius 2 is 1.87 bits per heavy atom. The summed E-state index contributed by atoms with van der Waals surface area (Å²) in [5.74, 6) is 1.55. The third kappa shape index (κ3) is 4.45. The van der Waals surface area contributed by atoms with E-state index >= 15 is 0 Å². The molecule has 190 valence electrons. The number of imidazole rings is 1. The van der Waals surface area contributed by atoms with Crippen molar-refractivity contribution in [1.82, 2.24) is 19.9 Å². The summed E-state index contributed by atoms with van der Waals surface area (Å²) in [7, 11) is 1.39. The molecule has 0 saturated carbocycles. The Kier molecular flexibility index (Phi) is 6.21. The Balaban J connectivity index is 1.40. The maximum absolute atomic E-state index is 14.3. The van der Waals surface area contributed by atoms with Crippen molar-refractivity contribution < 1.29 is 18.7 Å². The SMILES string of the molecule is COC(=O)N1CCCC1c1cc2[nH]c(-c3ccccn3)nc2cc1Oc1ccc(-c2ccccc2F)cc1. The van der Waals surface area contributed by atoms with Crippen molar-refractivity contribution >= 4 is 17.1 Å². The Hall–Kier alpha value is -4.72. The monoisotopic (exact) mass is 508 g/mol. The summed E-state index contributed by atoms with van der Waals surface area (Å²) < 4.78 is 25.7. The number of fused-ring (bicyclic) bond motifs is 1. The Bertz CT molecular complexity index is 1600. The highest BCUT2D eigenvalue weighted by molar-refractivity contribution is 5.82. The van der Waals surface area contributed by atoms with E-state index in [9.17, 15) is 9.18 Å². The number of ether oxygens (including phenoxy) is 2. The topological polar surface area (TPSA) is 80.3 Å². The van der Waals surface area contributed by atoms with E-state index in [1.54, 1.807) is 23.2 Å². The maximum Gasteiger partial charge on any atom is 0.409 e. The minimum absolute atomic E-state index is 0.207. The Morgan fingerprint density at radius 1 is 1.05 bits per heavy atom. The van der Waals surface area contributed by atoms with E-state index in [1.165, 1.54) is 13.2 Å². The van der Waals surface area contributed by atoms with Crippen molar-refractivity contribution in [3.8, 4) is 34.1 Å². The lowest BCUT2D eigenvalue weighted by Crippen LogP contribution is -2.30. The van der Waals surface area contributed by atoms with E-state index in [0.717, 1.165) is 40.7 Å². The first kappa shape index (κ1) is 23.7. The van der Waals surface area contributed by atoms with E-state index in [0.29, 0.717) is 29.4 Å². The first-order valence-corrected chi connectivity index (χ1v) is 12.4. The number of rotatable bonds is 5. The summed E-state index contributed by atoms with van der Waals surface area (Å²) in [4.78, 5) is 26.7. The van der Waals surface area contributed by atoms with Gasteiger partial charge in [-0.2, -0.15) is 0 Å². The van der Waals surface area contributed by atoms with Crippen LogP contribution in [0.5, 0.6) is 11.5 Å². The predicted molar refractivity (Wildman–Crippen MR) is 142 cm³/mol. The molecule has 1 amide bonds. The van der Waals surface area contributed by atoms with Crippen molar-refractivity contribution in [2.45, 2.75) is 18.9 Å². The summed E-state index contributed by atoms with van der Waals surface area (Å²) in [5.41, 5.74) is 4.41. The van der Waals surface area contributed by atoms with Crippen LogP contribution in [0.2, 0.25) is 0 Å². The zero-order valence-electron chi connectivity index (χ0n) is 20.7. The van der Waals surface area contributed by atoms with E-state index in [4.69, 9.17) is 14.5 Å². The van der Waals surface area contributed by atoms with Crippen molar-refractivity contribution in [1.29, 1.82) is 0 Å². The molecule has 1 aliphatic rings. The molecule has 3 aromatic carbocycles.